The summed E-state index contributed by atoms with van der Waals surface area (Å²) in [6, 6.07) is 5.11. The molecular weight excluding hydrogens is 363 g/mol. The van der Waals surface area contributed by atoms with Gasteiger partial charge >= 0.3 is 0 Å². The number of carbonyl (C=O) groups is 2. The summed E-state index contributed by atoms with van der Waals surface area (Å²) in [5, 5.41) is 6.63. The highest BCUT2D eigenvalue weighted by Crippen LogP contribution is 2.10. The van der Waals surface area contributed by atoms with Gasteiger partial charge in [0.15, 0.2) is 9.84 Å². The monoisotopic (exact) mass is 380 g/mol. The average molecular weight is 380 g/mol. The summed E-state index contributed by atoms with van der Waals surface area (Å²) in [6.45, 7) is 0.305. The van der Waals surface area contributed by atoms with E-state index in [0.29, 0.717) is 11.3 Å². The van der Waals surface area contributed by atoms with Crippen LogP contribution in [0.5, 0.6) is 0 Å². The van der Waals surface area contributed by atoms with Gasteiger partial charge in [0.1, 0.15) is 12.4 Å². The number of aromatic nitrogens is 2. The predicted octanol–water partition coefficient (Wildman–Crippen LogP) is 0.532. The van der Waals surface area contributed by atoms with E-state index in [4.69, 9.17) is 0 Å². The summed E-state index contributed by atoms with van der Waals surface area (Å²) in [6.07, 6.45) is 2.90. The van der Waals surface area contributed by atoms with E-state index in [-0.39, 0.29) is 37.0 Å². The molecule has 1 saturated heterocycles. The van der Waals surface area contributed by atoms with Crippen molar-refractivity contribution < 1.29 is 22.4 Å². The Balaban J connectivity index is 1.57. The molecule has 3 rings (SSSR count). The van der Waals surface area contributed by atoms with Crippen LogP contribution in [0.4, 0.5) is 10.1 Å². The van der Waals surface area contributed by atoms with Gasteiger partial charge in [-0.25, -0.2) is 12.8 Å². The van der Waals surface area contributed by atoms with Crippen LogP contribution in [-0.4, -0.2) is 59.5 Å². The van der Waals surface area contributed by atoms with Gasteiger partial charge in [0.2, 0.25) is 5.91 Å². The minimum Gasteiger partial charge on any atom is -0.339 e. The molecule has 1 fully saturated rings. The zero-order chi connectivity index (χ0) is 18.7. The number of nitrogens with zero attached hydrogens (tertiary/aromatic N) is 3. The van der Waals surface area contributed by atoms with Crippen molar-refractivity contribution in [2.24, 2.45) is 0 Å². The standard InChI is InChI=1S/C16H17FN4O4S/c17-13-3-1-12(2-4-13)16(23)19-14-9-18-21(10-14)11-15(22)20-5-7-26(24,25)8-6-20/h1-4,9-10H,5-8,11H2,(H,19,23). The van der Waals surface area contributed by atoms with Gasteiger partial charge in [0, 0.05) is 24.8 Å². The fraction of sp³-hybridized carbons (Fsp3) is 0.312. The molecule has 1 aliphatic rings. The van der Waals surface area contributed by atoms with Crippen molar-refractivity contribution in [2.75, 3.05) is 29.9 Å². The Kier molecular flexibility index (Phi) is 5.03. The highest BCUT2D eigenvalue weighted by atomic mass is 32.2. The zero-order valence-corrected chi connectivity index (χ0v) is 14.6. The second-order valence-electron chi connectivity index (χ2n) is 5.92. The summed E-state index contributed by atoms with van der Waals surface area (Å²) < 4.78 is 37.1. The average Bonchev–Trinajstić information content (AvgIpc) is 3.02. The fourth-order valence-electron chi connectivity index (χ4n) is 2.52. The number of amides is 2. The third-order valence-corrected chi connectivity index (χ3v) is 5.60. The van der Waals surface area contributed by atoms with Gasteiger partial charge in [-0.15, -0.1) is 0 Å². The largest absolute Gasteiger partial charge is 0.339 e. The topological polar surface area (TPSA) is 101 Å². The molecule has 0 unspecified atom stereocenters. The SMILES string of the molecule is O=C(Nc1cnn(CC(=O)N2CCS(=O)(=O)CC2)c1)c1ccc(F)cc1. The molecule has 26 heavy (non-hydrogen) atoms. The van der Waals surface area contributed by atoms with Crippen molar-refractivity contribution in [1.29, 1.82) is 0 Å². The number of carbonyl (C=O) groups excluding carboxylic acids is 2. The minimum atomic E-state index is -3.05. The van der Waals surface area contributed by atoms with Crippen LogP contribution < -0.4 is 5.32 Å². The van der Waals surface area contributed by atoms with Crippen LogP contribution >= 0.6 is 0 Å². The van der Waals surface area contributed by atoms with Crippen molar-refractivity contribution >= 4 is 27.3 Å². The van der Waals surface area contributed by atoms with Gasteiger partial charge in [0.05, 0.1) is 23.4 Å². The third kappa shape index (κ3) is 4.45. The Morgan fingerprint density at radius 2 is 1.81 bits per heavy atom. The van der Waals surface area contributed by atoms with Crippen molar-refractivity contribution in [1.82, 2.24) is 14.7 Å². The third-order valence-electron chi connectivity index (χ3n) is 3.99. The van der Waals surface area contributed by atoms with Crippen LogP contribution in [0.3, 0.4) is 0 Å². The normalized spacial score (nSPS) is 16.3. The molecule has 1 aliphatic heterocycles. The van der Waals surface area contributed by atoms with E-state index in [1.807, 2.05) is 0 Å². The molecule has 1 aromatic carbocycles. The van der Waals surface area contributed by atoms with Crippen LogP contribution in [-0.2, 0) is 21.2 Å². The number of anilines is 1. The van der Waals surface area contributed by atoms with Crippen LogP contribution in [0.15, 0.2) is 36.7 Å². The molecule has 0 bridgehead atoms. The van der Waals surface area contributed by atoms with Crippen molar-refractivity contribution in [3.8, 4) is 0 Å². The van der Waals surface area contributed by atoms with Gasteiger partial charge in [-0.1, -0.05) is 0 Å². The molecule has 0 saturated carbocycles. The molecule has 2 amide bonds. The highest BCUT2D eigenvalue weighted by Gasteiger charge is 2.25. The van der Waals surface area contributed by atoms with E-state index < -0.39 is 21.6 Å². The van der Waals surface area contributed by atoms with Gasteiger partial charge < -0.3 is 10.2 Å². The van der Waals surface area contributed by atoms with Crippen molar-refractivity contribution in [3.63, 3.8) is 0 Å². The van der Waals surface area contributed by atoms with E-state index in [1.54, 1.807) is 0 Å². The number of benzene rings is 1. The van der Waals surface area contributed by atoms with Gasteiger partial charge in [-0.3, -0.25) is 14.3 Å². The zero-order valence-electron chi connectivity index (χ0n) is 13.8. The van der Waals surface area contributed by atoms with E-state index in [2.05, 4.69) is 10.4 Å². The van der Waals surface area contributed by atoms with Crippen molar-refractivity contribution in [2.45, 2.75) is 6.54 Å². The van der Waals surface area contributed by atoms with Crippen molar-refractivity contribution in [3.05, 3.63) is 48.0 Å². The number of rotatable bonds is 4. The molecule has 0 aliphatic carbocycles. The van der Waals surface area contributed by atoms with Crippen LogP contribution in [0.1, 0.15) is 10.4 Å². The molecular formula is C16H17FN4O4S. The van der Waals surface area contributed by atoms with Gasteiger partial charge in [0.25, 0.3) is 5.91 Å². The first-order valence-corrected chi connectivity index (χ1v) is 9.72. The lowest BCUT2D eigenvalue weighted by atomic mass is 10.2. The highest BCUT2D eigenvalue weighted by molar-refractivity contribution is 7.91. The summed E-state index contributed by atoms with van der Waals surface area (Å²) in [5.74, 6) is -1.15. The van der Waals surface area contributed by atoms with Crippen LogP contribution in [0.25, 0.3) is 0 Å². The Morgan fingerprint density at radius 1 is 1.15 bits per heavy atom. The molecule has 138 valence electrons. The number of nitrogens with one attached hydrogen (secondary N) is 1. The predicted molar refractivity (Wildman–Crippen MR) is 91.8 cm³/mol. The van der Waals surface area contributed by atoms with Gasteiger partial charge in [-0.2, -0.15) is 5.10 Å². The first-order chi connectivity index (χ1) is 12.3. The van der Waals surface area contributed by atoms with E-state index in [1.165, 1.54) is 46.2 Å². The van der Waals surface area contributed by atoms with E-state index >= 15 is 0 Å². The van der Waals surface area contributed by atoms with Gasteiger partial charge in [-0.05, 0) is 24.3 Å². The molecule has 2 aromatic rings. The molecule has 1 aromatic heterocycles. The maximum absolute atomic E-state index is 12.9. The minimum absolute atomic E-state index is 0.0309. The number of hydrogen-bond acceptors (Lipinski definition) is 5. The lowest BCUT2D eigenvalue weighted by molar-refractivity contribution is -0.131. The summed E-state index contributed by atoms with van der Waals surface area (Å²) in [7, 11) is -3.05. The summed E-state index contributed by atoms with van der Waals surface area (Å²) >= 11 is 0. The second-order valence-corrected chi connectivity index (χ2v) is 8.22. The fourth-order valence-corrected chi connectivity index (χ4v) is 3.72. The Morgan fingerprint density at radius 3 is 2.46 bits per heavy atom. The first-order valence-electron chi connectivity index (χ1n) is 7.90. The summed E-state index contributed by atoms with van der Waals surface area (Å²) in [5.41, 5.74) is 0.693. The lowest BCUT2D eigenvalue weighted by Crippen LogP contribution is -2.45. The first kappa shape index (κ1) is 18.1. The Bertz CT molecular complexity index is 910. The molecule has 2 heterocycles. The quantitative estimate of drug-likeness (QED) is 0.834. The molecule has 0 spiro atoms. The maximum Gasteiger partial charge on any atom is 0.255 e. The Labute approximate surface area is 149 Å². The maximum atomic E-state index is 12.9. The second kappa shape index (κ2) is 7.24. The molecule has 10 heteroatoms. The van der Waals surface area contributed by atoms with Crippen LogP contribution in [0, 0.1) is 5.82 Å². The van der Waals surface area contributed by atoms with E-state index in [0.717, 1.165) is 0 Å². The summed E-state index contributed by atoms with van der Waals surface area (Å²) in [4.78, 5) is 25.8. The molecule has 1 N–H and O–H groups in total. The number of hydrogen-bond donors (Lipinski definition) is 1. The lowest BCUT2D eigenvalue weighted by Gasteiger charge is -2.26. The van der Waals surface area contributed by atoms with E-state index in [9.17, 15) is 22.4 Å². The Hall–Kier alpha value is -2.75. The smallest absolute Gasteiger partial charge is 0.255 e. The van der Waals surface area contributed by atoms with Crippen LogP contribution in [0.2, 0.25) is 0 Å². The molecule has 0 atom stereocenters. The number of halogens is 1. The molecule has 8 nitrogen and oxygen atoms in total. The molecule has 0 radical (unpaired) electrons. The number of sulfone groups is 1.